The van der Waals surface area contributed by atoms with Gasteiger partial charge in [0.05, 0.1) is 24.6 Å². The fourth-order valence-corrected chi connectivity index (χ4v) is 2.74. The van der Waals surface area contributed by atoms with Crippen molar-refractivity contribution in [3.05, 3.63) is 61.1 Å². The summed E-state index contributed by atoms with van der Waals surface area (Å²) >= 11 is 0. The van der Waals surface area contributed by atoms with Gasteiger partial charge in [-0.2, -0.15) is 0 Å². The molecule has 1 unspecified atom stereocenters. The van der Waals surface area contributed by atoms with Crippen molar-refractivity contribution in [2.45, 2.75) is 12.6 Å². The summed E-state index contributed by atoms with van der Waals surface area (Å²) in [5.74, 6) is 1.35. The number of aromatic nitrogens is 5. The largest absolute Gasteiger partial charge is 0.475 e. The molecule has 1 aliphatic rings. The lowest BCUT2D eigenvalue weighted by Gasteiger charge is -2.34. The van der Waals surface area contributed by atoms with Crippen molar-refractivity contribution in [2.75, 3.05) is 18.1 Å². The molecule has 1 aliphatic heterocycles. The van der Waals surface area contributed by atoms with Crippen molar-refractivity contribution in [3.8, 4) is 5.88 Å². The molecule has 3 aromatic heterocycles. The minimum atomic E-state index is 0.132. The zero-order chi connectivity index (χ0) is 15.5. The van der Waals surface area contributed by atoms with Crippen LogP contribution in [0, 0.1) is 0 Å². The summed E-state index contributed by atoms with van der Waals surface area (Å²) < 4.78 is 7.98. The quantitative estimate of drug-likeness (QED) is 0.731. The van der Waals surface area contributed by atoms with Crippen LogP contribution in [0.3, 0.4) is 0 Å². The Labute approximate surface area is 133 Å². The Morgan fingerprint density at radius 1 is 1.09 bits per heavy atom. The van der Waals surface area contributed by atoms with Crippen LogP contribution in [0.5, 0.6) is 5.88 Å². The molecule has 7 nitrogen and oxygen atoms in total. The number of hydrogen-bond donors (Lipinski definition) is 0. The maximum absolute atomic E-state index is 5.83. The second-order valence-corrected chi connectivity index (χ2v) is 5.35. The number of fused-ring (bicyclic) bond motifs is 1. The van der Waals surface area contributed by atoms with Gasteiger partial charge in [0.25, 0.3) is 0 Å². The normalized spacial score (nSPS) is 16.9. The average Bonchev–Trinajstić information content (AvgIpc) is 3.10. The van der Waals surface area contributed by atoms with Crippen molar-refractivity contribution in [1.82, 2.24) is 24.5 Å². The molecule has 0 aromatic carbocycles. The van der Waals surface area contributed by atoms with Gasteiger partial charge in [-0.15, -0.1) is 0 Å². The summed E-state index contributed by atoms with van der Waals surface area (Å²) in [6.45, 7) is 2.02. The van der Waals surface area contributed by atoms with Gasteiger partial charge in [-0.1, -0.05) is 6.07 Å². The molecule has 0 N–H and O–H groups in total. The second kappa shape index (κ2) is 6.04. The average molecular weight is 308 g/mol. The fraction of sp³-hybridized carbons (Fsp3) is 0.250. The summed E-state index contributed by atoms with van der Waals surface area (Å²) in [7, 11) is 0. The van der Waals surface area contributed by atoms with E-state index in [4.69, 9.17) is 4.74 Å². The number of anilines is 1. The maximum Gasteiger partial charge on any atom is 0.225 e. The van der Waals surface area contributed by atoms with Crippen LogP contribution in [0.15, 0.2) is 55.4 Å². The topological polar surface area (TPSA) is 69.0 Å². The van der Waals surface area contributed by atoms with Crippen LogP contribution in [-0.4, -0.2) is 37.7 Å². The molecule has 0 radical (unpaired) electrons. The van der Waals surface area contributed by atoms with Crippen molar-refractivity contribution < 1.29 is 4.74 Å². The van der Waals surface area contributed by atoms with Crippen LogP contribution < -0.4 is 9.64 Å². The minimum Gasteiger partial charge on any atom is -0.475 e. The first-order valence-corrected chi connectivity index (χ1v) is 7.46. The first-order valence-electron chi connectivity index (χ1n) is 7.46. The van der Waals surface area contributed by atoms with Gasteiger partial charge in [0.1, 0.15) is 6.61 Å². The molecule has 4 rings (SSSR count). The molecular formula is C16H16N6O. The number of hydrogen-bond acceptors (Lipinski definition) is 6. The van der Waals surface area contributed by atoms with Crippen LogP contribution >= 0.6 is 0 Å². The van der Waals surface area contributed by atoms with Gasteiger partial charge in [0.2, 0.25) is 11.8 Å². The Balaban J connectivity index is 1.54. The van der Waals surface area contributed by atoms with E-state index < -0.39 is 0 Å². The molecule has 0 saturated carbocycles. The van der Waals surface area contributed by atoms with Gasteiger partial charge in [0.15, 0.2) is 0 Å². The van der Waals surface area contributed by atoms with Gasteiger partial charge in [-0.05, 0) is 12.1 Å². The first-order chi connectivity index (χ1) is 11.4. The Morgan fingerprint density at radius 2 is 1.96 bits per heavy atom. The Kier molecular flexibility index (Phi) is 3.59. The standard InChI is InChI=1S/C16H16N6O/c1-2-5-18-15(4-1)23-11-14-10-21(16-19-6-3-7-20-16)9-13-8-17-12-22(13)14/h1-8,12,14H,9-11H2. The van der Waals surface area contributed by atoms with E-state index >= 15 is 0 Å². The molecule has 0 aliphatic carbocycles. The van der Waals surface area contributed by atoms with Gasteiger partial charge in [0, 0.05) is 37.4 Å². The third-order valence-electron chi connectivity index (χ3n) is 3.82. The zero-order valence-corrected chi connectivity index (χ0v) is 12.5. The third kappa shape index (κ3) is 2.85. The molecule has 3 aromatic rings. The highest BCUT2D eigenvalue weighted by Gasteiger charge is 2.27. The van der Waals surface area contributed by atoms with E-state index in [1.807, 2.05) is 36.8 Å². The Hall–Kier alpha value is -2.96. The Bertz CT molecular complexity index is 761. The number of pyridine rings is 1. The van der Waals surface area contributed by atoms with Gasteiger partial charge in [-0.25, -0.2) is 19.9 Å². The van der Waals surface area contributed by atoms with Gasteiger partial charge in [-0.3, -0.25) is 0 Å². The number of nitrogens with zero attached hydrogens (tertiary/aromatic N) is 6. The van der Waals surface area contributed by atoms with E-state index in [-0.39, 0.29) is 6.04 Å². The van der Waals surface area contributed by atoms with E-state index in [0.717, 1.165) is 24.7 Å². The Morgan fingerprint density at radius 3 is 2.78 bits per heavy atom. The van der Waals surface area contributed by atoms with E-state index in [1.165, 1.54) is 0 Å². The van der Waals surface area contributed by atoms with E-state index in [1.54, 1.807) is 18.6 Å². The van der Waals surface area contributed by atoms with Crippen LogP contribution in [0.2, 0.25) is 0 Å². The molecule has 116 valence electrons. The smallest absolute Gasteiger partial charge is 0.225 e. The molecule has 1 atom stereocenters. The molecule has 0 amide bonds. The second-order valence-electron chi connectivity index (χ2n) is 5.35. The monoisotopic (exact) mass is 308 g/mol. The van der Waals surface area contributed by atoms with Crippen molar-refractivity contribution >= 4 is 5.95 Å². The SMILES string of the molecule is c1ccc(OCC2CN(c3ncccn3)Cc3cncn32)nc1. The lowest BCUT2D eigenvalue weighted by Crippen LogP contribution is -2.40. The summed E-state index contributed by atoms with van der Waals surface area (Å²) in [6, 6.07) is 7.59. The minimum absolute atomic E-state index is 0.132. The number of ether oxygens (including phenoxy) is 1. The van der Waals surface area contributed by atoms with Crippen LogP contribution in [-0.2, 0) is 6.54 Å². The summed E-state index contributed by atoms with van der Waals surface area (Å²) in [6.07, 6.45) is 8.97. The van der Waals surface area contributed by atoms with Gasteiger partial charge >= 0.3 is 0 Å². The molecule has 0 bridgehead atoms. The molecule has 0 spiro atoms. The first kappa shape index (κ1) is 13.7. The molecular weight excluding hydrogens is 292 g/mol. The van der Waals surface area contributed by atoms with Crippen LogP contribution in [0.25, 0.3) is 0 Å². The maximum atomic E-state index is 5.83. The third-order valence-corrected chi connectivity index (χ3v) is 3.82. The summed E-state index contributed by atoms with van der Waals surface area (Å²) in [5, 5.41) is 0. The fourth-order valence-electron chi connectivity index (χ4n) is 2.74. The van der Waals surface area contributed by atoms with Crippen molar-refractivity contribution in [1.29, 1.82) is 0 Å². The highest BCUT2D eigenvalue weighted by molar-refractivity contribution is 5.32. The van der Waals surface area contributed by atoms with E-state index in [9.17, 15) is 0 Å². The molecule has 7 heteroatoms. The zero-order valence-electron chi connectivity index (χ0n) is 12.5. The summed E-state index contributed by atoms with van der Waals surface area (Å²) in [4.78, 5) is 19.3. The van der Waals surface area contributed by atoms with Crippen LogP contribution in [0.1, 0.15) is 11.7 Å². The predicted molar refractivity (Wildman–Crippen MR) is 84.1 cm³/mol. The van der Waals surface area contributed by atoms with Crippen molar-refractivity contribution in [3.63, 3.8) is 0 Å². The lowest BCUT2D eigenvalue weighted by atomic mass is 10.2. The highest BCUT2D eigenvalue weighted by Crippen LogP contribution is 2.24. The molecule has 4 heterocycles. The molecule has 0 fully saturated rings. The summed E-state index contributed by atoms with van der Waals surface area (Å²) in [5.41, 5.74) is 1.12. The number of rotatable bonds is 4. The van der Waals surface area contributed by atoms with E-state index in [2.05, 4.69) is 29.4 Å². The number of imidazole rings is 1. The van der Waals surface area contributed by atoms with Crippen molar-refractivity contribution in [2.24, 2.45) is 0 Å². The molecule has 0 saturated heterocycles. The highest BCUT2D eigenvalue weighted by atomic mass is 16.5. The molecule has 23 heavy (non-hydrogen) atoms. The van der Waals surface area contributed by atoms with E-state index in [0.29, 0.717) is 12.5 Å². The lowest BCUT2D eigenvalue weighted by molar-refractivity contribution is 0.232. The predicted octanol–water partition coefficient (Wildman–Crippen LogP) is 1.71. The van der Waals surface area contributed by atoms with Gasteiger partial charge < -0.3 is 14.2 Å². The van der Waals surface area contributed by atoms with Crippen LogP contribution in [0.4, 0.5) is 5.95 Å².